The predicted octanol–water partition coefficient (Wildman–Crippen LogP) is -0.592. The first-order valence-corrected chi connectivity index (χ1v) is 8.56. The molecular weight excluding hydrogens is 300 g/mol. The molecule has 0 bridgehead atoms. The molecule has 0 aromatic heterocycles. The van der Waals surface area contributed by atoms with Gasteiger partial charge in [-0.1, -0.05) is 6.92 Å². The number of hydrogen-bond acceptors (Lipinski definition) is 5. The highest BCUT2D eigenvalue weighted by Gasteiger charge is 2.37. The number of nitrogens with zero attached hydrogens (tertiary/aromatic N) is 1. The molecule has 1 heterocycles. The zero-order valence-electron chi connectivity index (χ0n) is 12.1. The summed E-state index contributed by atoms with van der Waals surface area (Å²) in [7, 11) is -3.39. The maximum Gasteiger partial charge on any atom is 0.329 e. The van der Waals surface area contributed by atoms with Crippen molar-refractivity contribution in [2.24, 2.45) is 0 Å². The van der Waals surface area contributed by atoms with Crippen LogP contribution in [0.15, 0.2) is 0 Å². The third-order valence-electron chi connectivity index (χ3n) is 3.10. The molecule has 1 aliphatic heterocycles. The Morgan fingerprint density at radius 2 is 2.14 bits per heavy atom. The molecule has 0 aliphatic carbocycles. The lowest BCUT2D eigenvalue weighted by molar-refractivity contribution is -0.142. The summed E-state index contributed by atoms with van der Waals surface area (Å²) in [6, 6.07) is -0.666. The molecule has 0 aromatic rings. The molecule has 1 amide bonds. The van der Waals surface area contributed by atoms with Gasteiger partial charge in [0.05, 0.1) is 12.4 Å². The third-order valence-corrected chi connectivity index (χ3v) is 5.17. The molecule has 0 radical (unpaired) electrons. The molecule has 1 unspecified atom stereocenters. The molecule has 1 fully saturated rings. The van der Waals surface area contributed by atoms with Crippen molar-refractivity contribution in [1.82, 2.24) is 9.62 Å². The average Bonchev–Trinajstić information content (AvgIpc) is 2.87. The normalized spacial score (nSPS) is 19.6. The summed E-state index contributed by atoms with van der Waals surface area (Å²) in [6.45, 7) is 1.96. The minimum atomic E-state index is -3.39. The van der Waals surface area contributed by atoms with Crippen molar-refractivity contribution in [1.29, 1.82) is 0 Å². The fraction of sp³-hybridized carbons (Fsp3) is 0.833. The zero-order chi connectivity index (χ0) is 15.9. The van der Waals surface area contributed by atoms with E-state index in [1.54, 1.807) is 6.92 Å². The number of hydrogen-bond donors (Lipinski definition) is 2. The van der Waals surface area contributed by atoms with Crippen LogP contribution in [0.2, 0.25) is 0 Å². The SMILES string of the molecule is CCCS(=O)(=O)N1CCCC1C(=O)NCCOCC(=O)O. The predicted molar refractivity (Wildman–Crippen MR) is 75.3 cm³/mol. The van der Waals surface area contributed by atoms with Crippen molar-refractivity contribution in [2.45, 2.75) is 32.2 Å². The third kappa shape index (κ3) is 5.60. The van der Waals surface area contributed by atoms with Crippen molar-refractivity contribution in [2.75, 3.05) is 32.1 Å². The van der Waals surface area contributed by atoms with Crippen LogP contribution in [0.3, 0.4) is 0 Å². The Kier molecular flexibility index (Phi) is 7.06. The summed E-state index contributed by atoms with van der Waals surface area (Å²) in [5.41, 5.74) is 0. The molecule has 1 rings (SSSR count). The maximum absolute atomic E-state index is 12.1. The number of nitrogens with one attached hydrogen (secondary N) is 1. The molecule has 8 nitrogen and oxygen atoms in total. The number of amides is 1. The number of carboxylic acids is 1. The van der Waals surface area contributed by atoms with Crippen LogP contribution in [-0.2, 0) is 24.3 Å². The van der Waals surface area contributed by atoms with Crippen molar-refractivity contribution < 1.29 is 27.9 Å². The van der Waals surface area contributed by atoms with E-state index in [9.17, 15) is 18.0 Å². The van der Waals surface area contributed by atoms with Gasteiger partial charge < -0.3 is 15.2 Å². The van der Waals surface area contributed by atoms with E-state index >= 15 is 0 Å². The Morgan fingerprint density at radius 1 is 1.43 bits per heavy atom. The number of rotatable bonds is 9. The maximum atomic E-state index is 12.1. The number of ether oxygens (including phenoxy) is 1. The Morgan fingerprint density at radius 3 is 2.76 bits per heavy atom. The van der Waals surface area contributed by atoms with Crippen LogP contribution in [0.1, 0.15) is 26.2 Å². The van der Waals surface area contributed by atoms with Gasteiger partial charge in [-0.15, -0.1) is 0 Å². The van der Waals surface area contributed by atoms with Gasteiger partial charge in [-0.2, -0.15) is 4.31 Å². The highest BCUT2D eigenvalue weighted by atomic mass is 32.2. The Labute approximate surface area is 124 Å². The molecule has 0 aromatic carbocycles. The first kappa shape index (κ1) is 17.9. The van der Waals surface area contributed by atoms with Crippen LogP contribution in [0.25, 0.3) is 0 Å². The second kappa shape index (κ2) is 8.30. The number of carboxylic acid groups (broad SMARTS) is 1. The lowest BCUT2D eigenvalue weighted by atomic mass is 10.2. The molecule has 0 spiro atoms. The second-order valence-corrected chi connectivity index (χ2v) is 6.86. The standard InChI is InChI=1S/C12H22N2O6S/c1-2-8-21(18,19)14-6-3-4-10(14)12(17)13-5-7-20-9-11(15)16/h10H,2-9H2,1H3,(H,13,17)(H,15,16). The Bertz CT molecular complexity index is 464. The Hall–Kier alpha value is -1.19. The zero-order valence-corrected chi connectivity index (χ0v) is 12.9. The highest BCUT2D eigenvalue weighted by Crippen LogP contribution is 2.21. The lowest BCUT2D eigenvalue weighted by Gasteiger charge is -2.23. The van der Waals surface area contributed by atoms with E-state index in [4.69, 9.17) is 9.84 Å². The van der Waals surface area contributed by atoms with E-state index in [-0.39, 0.29) is 24.8 Å². The molecule has 9 heteroatoms. The van der Waals surface area contributed by atoms with Crippen molar-refractivity contribution in [3.8, 4) is 0 Å². The molecule has 0 saturated carbocycles. The largest absolute Gasteiger partial charge is 0.480 e. The summed E-state index contributed by atoms with van der Waals surface area (Å²) >= 11 is 0. The topological polar surface area (TPSA) is 113 Å². The number of sulfonamides is 1. The summed E-state index contributed by atoms with van der Waals surface area (Å²) in [4.78, 5) is 22.2. The monoisotopic (exact) mass is 322 g/mol. The van der Waals surface area contributed by atoms with E-state index in [0.29, 0.717) is 25.8 Å². The van der Waals surface area contributed by atoms with Gasteiger partial charge in [0.25, 0.3) is 0 Å². The average molecular weight is 322 g/mol. The molecule has 21 heavy (non-hydrogen) atoms. The van der Waals surface area contributed by atoms with Crippen LogP contribution >= 0.6 is 0 Å². The fourth-order valence-corrected chi connectivity index (χ4v) is 3.98. The van der Waals surface area contributed by atoms with Gasteiger partial charge in [-0.05, 0) is 19.3 Å². The van der Waals surface area contributed by atoms with Gasteiger partial charge in [0.15, 0.2) is 0 Å². The summed E-state index contributed by atoms with van der Waals surface area (Å²) < 4.78 is 30.2. The van der Waals surface area contributed by atoms with Crippen molar-refractivity contribution in [3.63, 3.8) is 0 Å². The molecular formula is C12H22N2O6S. The number of aliphatic carboxylic acids is 1. The van der Waals surface area contributed by atoms with E-state index in [2.05, 4.69) is 5.32 Å². The summed E-state index contributed by atoms with van der Waals surface area (Å²) in [6.07, 6.45) is 1.68. The summed E-state index contributed by atoms with van der Waals surface area (Å²) in [5.74, 6) is -1.39. The molecule has 1 atom stereocenters. The smallest absolute Gasteiger partial charge is 0.329 e. The van der Waals surface area contributed by atoms with Gasteiger partial charge in [0, 0.05) is 13.1 Å². The van der Waals surface area contributed by atoms with Crippen LogP contribution in [0, 0.1) is 0 Å². The lowest BCUT2D eigenvalue weighted by Crippen LogP contribution is -2.47. The molecule has 1 aliphatic rings. The fourth-order valence-electron chi connectivity index (χ4n) is 2.23. The quantitative estimate of drug-likeness (QED) is 0.549. The molecule has 122 valence electrons. The van der Waals surface area contributed by atoms with Crippen molar-refractivity contribution >= 4 is 21.9 Å². The Balaban J connectivity index is 2.44. The molecule has 2 N–H and O–H groups in total. The van der Waals surface area contributed by atoms with Gasteiger partial charge >= 0.3 is 5.97 Å². The number of carbonyl (C=O) groups is 2. The van der Waals surface area contributed by atoms with Gasteiger partial charge in [-0.25, -0.2) is 13.2 Å². The van der Waals surface area contributed by atoms with Gasteiger partial charge in [0.2, 0.25) is 15.9 Å². The second-order valence-electron chi connectivity index (χ2n) is 4.82. The molecule has 1 saturated heterocycles. The highest BCUT2D eigenvalue weighted by molar-refractivity contribution is 7.89. The van der Waals surface area contributed by atoms with Crippen molar-refractivity contribution in [3.05, 3.63) is 0 Å². The first-order valence-electron chi connectivity index (χ1n) is 6.95. The van der Waals surface area contributed by atoms with Gasteiger partial charge in [-0.3, -0.25) is 4.79 Å². The van der Waals surface area contributed by atoms with E-state index in [0.717, 1.165) is 0 Å². The van der Waals surface area contributed by atoms with Crippen LogP contribution in [-0.4, -0.2) is 67.8 Å². The van der Waals surface area contributed by atoms with Gasteiger partial charge in [0.1, 0.15) is 12.6 Å². The minimum Gasteiger partial charge on any atom is -0.480 e. The number of carbonyl (C=O) groups excluding carboxylic acids is 1. The minimum absolute atomic E-state index is 0.0402. The van der Waals surface area contributed by atoms with Crippen LogP contribution < -0.4 is 5.32 Å². The van der Waals surface area contributed by atoms with E-state index in [1.165, 1.54) is 4.31 Å². The van der Waals surface area contributed by atoms with Crippen LogP contribution in [0.4, 0.5) is 0 Å². The summed E-state index contributed by atoms with van der Waals surface area (Å²) in [5, 5.41) is 11.0. The van der Waals surface area contributed by atoms with Crippen LogP contribution in [0.5, 0.6) is 0 Å². The van der Waals surface area contributed by atoms with E-state index in [1.807, 2.05) is 0 Å². The van der Waals surface area contributed by atoms with E-state index < -0.39 is 28.6 Å². The first-order chi connectivity index (χ1) is 9.88.